The smallest absolute Gasteiger partial charge is 0.0705 e. The molecule has 0 unspecified atom stereocenters. The van der Waals surface area contributed by atoms with Gasteiger partial charge in [-0.05, 0) is 55.7 Å². The van der Waals surface area contributed by atoms with E-state index >= 15 is 0 Å². The van der Waals surface area contributed by atoms with E-state index in [4.69, 9.17) is 11.6 Å². The van der Waals surface area contributed by atoms with Crippen molar-refractivity contribution in [2.24, 2.45) is 0 Å². The van der Waals surface area contributed by atoms with Crippen molar-refractivity contribution in [3.63, 3.8) is 0 Å². The Morgan fingerprint density at radius 1 is 1.20 bits per heavy atom. The molecule has 1 aromatic carbocycles. The molecule has 1 heterocycles. The average molecular weight is 284 g/mol. The molecule has 0 aliphatic heterocycles. The van der Waals surface area contributed by atoms with Crippen LogP contribution in [0.15, 0.2) is 54.8 Å². The van der Waals surface area contributed by atoms with Crippen LogP contribution >= 0.6 is 11.6 Å². The normalized spacial score (nSPS) is 12.1. The molecule has 0 aliphatic rings. The highest BCUT2D eigenvalue weighted by molar-refractivity contribution is 6.30. The summed E-state index contributed by atoms with van der Waals surface area (Å²) in [5.74, 6) is 0. The molecule has 1 nitrogen and oxygen atoms in total. The van der Waals surface area contributed by atoms with E-state index in [1.807, 2.05) is 49.5 Å². The molecule has 102 valence electrons. The number of allylic oxidation sites excluding steroid dienone is 4. The summed E-state index contributed by atoms with van der Waals surface area (Å²) in [6.07, 6.45) is 8.11. The predicted molar refractivity (Wildman–Crippen MR) is 87.9 cm³/mol. The van der Waals surface area contributed by atoms with Gasteiger partial charge in [-0.1, -0.05) is 42.0 Å². The molecule has 0 atom stereocenters. The highest BCUT2D eigenvalue weighted by Crippen LogP contribution is 2.24. The third-order valence-electron chi connectivity index (χ3n) is 3.21. The Morgan fingerprint density at radius 3 is 2.50 bits per heavy atom. The maximum Gasteiger partial charge on any atom is 0.0705 e. The summed E-state index contributed by atoms with van der Waals surface area (Å²) in [5, 5.41) is 0.743. The fourth-order valence-corrected chi connectivity index (χ4v) is 2.20. The fourth-order valence-electron chi connectivity index (χ4n) is 2.08. The van der Waals surface area contributed by atoms with Gasteiger partial charge in [-0.2, -0.15) is 0 Å². The average Bonchev–Trinajstić information content (AvgIpc) is 2.45. The van der Waals surface area contributed by atoms with E-state index < -0.39 is 0 Å². The first-order chi connectivity index (χ1) is 9.61. The van der Waals surface area contributed by atoms with Crippen LogP contribution in [-0.4, -0.2) is 4.98 Å². The lowest BCUT2D eigenvalue weighted by atomic mass is 10.0. The number of benzene rings is 1. The molecule has 0 saturated carbocycles. The van der Waals surface area contributed by atoms with Crippen molar-refractivity contribution in [2.45, 2.75) is 20.8 Å². The minimum absolute atomic E-state index is 0.743. The van der Waals surface area contributed by atoms with Crippen LogP contribution in [0, 0.1) is 6.92 Å². The predicted octanol–water partition coefficient (Wildman–Crippen LogP) is 5.69. The van der Waals surface area contributed by atoms with Gasteiger partial charge in [0.1, 0.15) is 0 Å². The van der Waals surface area contributed by atoms with Crippen LogP contribution < -0.4 is 0 Å². The quantitative estimate of drug-likeness (QED) is 0.659. The van der Waals surface area contributed by atoms with Gasteiger partial charge >= 0.3 is 0 Å². The van der Waals surface area contributed by atoms with Crippen molar-refractivity contribution >= 4 is 17.2 Å². The number of hydrogen-bond donors (Lipinski definition) is 0. The SMILES string of the molecule is C/C=C\C=C(/C)c1cnc(-c2ccc(Cl)cc2)cc1C. The number of hydrogen-bond acceptors (Lipinski definition) is 1. The summed E-state index contributed by atoms with van der Waals surface area (Å²) in [6, 6.07) is 9.88. The van der Waals surface area contributed by atoms with Crippen molar-refractivity contribution in [1.82, 2.24) is 4.98 Å². The van der Waals surface area contributed by atoms with Crippen LogP contribution in [0.2, 0.25) is 5.02 Å². The monoisotopic (exact) mass is 283 g/mol. The molecule has 2 heteroatoms. The number of aromatic nitrogens is 1. The summed E-state index contributed by atoms with van der Waals surface area (Å²) in [4.78, 5) is 4.56. The zero-order chi connectivity index (χ0) is 14.5. The van der Waals surface area contributed by atoms with E-state index in [0.717, 1.165) is 16.3 Å². The number of rotatable bonds is 3. The van der Waals surface area contributed by atoms with E-state index in [-0.39, 0.29) is 0 Å². The molecule has 0 saturated heterocycles. The lowest BCUT2D eigenvalue weighted by molar-refractivity contribution is 1.26. The minimum atomic E-state index is 0.743. The molecule has 0 fully saturated rings. The van der Waals surface area contributed by atoms with Gasteiger partial charge < -0.3 is 0 Å². The largest absolute Gasteiger partial charge is 0.256 e. The lowest BCUT2D eigenvalue weighted by Crippen LogP contribution is -1.91. The molecule has 0 bridgehead atoms. The van der Waals surface area contributed by atoms with Gasteiger partial charge in [-0.15, -0.1) is 0 Å². The molecule has 2 rings (SSSR count). The van der Waals surface area contributed by atoms with Gasteiger partial charge in [0.25, 0.3) is 0 Å². The summed E-state index contributed by atoms with van der Waals surface area (Å²) in [5.41, 5.74) is 5.68. The van der Waals surface area contributed by atoms with Gasteiger partial charge in [0.05, 0.1) is 5.69 Å². The van der Waals surface area contributed by atoms with Crippen molar-refractivity contribution < 1.29 is 0 Å². The molecule has 0 amide bonds. The standard InChI is InChI=1S/C18H18ClN/c1-4-5-6-13(2)17-12-20-18(11-14(17)3)15-7-9-16(19)10-8-15/h4-12H,1-3H3/b5-4-,13-6+. The maximum atomic E-state index is 5.91. The number of nitrogens with zero attached hydrogens (tertiary/aromatic N) is 1. The third-order valence-corrected chi connectivity index (χ3v) is 3.47. The van der Waals surface area contributed by atoms with Crippen LogP contribution in [0.1, 0.15) is 25.0 Å². The van der Waals surface area contributed by atoms with E-state index in [1.54, 1.807) is 0 Å². The van der Waals surface area contributed by atoms with Gasteiger partial charge in [-0.25, -0.2) is 0 Å². The van der Waals surface area contributed by atoms with Crippen LogP contribution in [0.25, 0.3) is 16.8 Å². The third kappa shape index (κ3) is 3.37. The highest BCUT2D eigenvalue weighted by Gasteiger charge is 2.05. The lowest BCUT2D eigenvalue weighted by Gasteiger charge is -2.08. The van der Waals surface area contributed by atoms with E-state index in [9.17, 15) is 0 Å². The van der Waals surface area contributed by atoms with Crippen LogP contribution in [-0.2, 0) is 0 Å². The molecule has 2 aromatic rings. The van der Waals surface area contributed by atoms with Crippen molar-refractivity contribution in [3.05, 3.63) is 70.9 Å². The molecule has 0 spiro atoms. The highest BCUT2D eigenvalue weighted by atomic mass is 35.5. The molecule has 1 aromatic heterocycles. The van der Waals surface area contributed by atoms with Gasteiger partial charge in [0, 0.05) is 16.8 Å². The first-order valence-corrected chi connectivity index (χ1v) is 7.02. The van der Waals surface area contributed by atoms with Crippen LogP contribution in [0.3, 0.4) is 0 Å². The Bertz CT molecular complexity index is 652. The molecule has 0 N–H and O–H groups in total. The van der Waals surface area contributed by atoms with Gasteiger partial charge in [0.2, 0.25) is 0 Å². The van der Waals surface area contributed by atoms with Gasteiger partial charge in [0.15, 0.2) is 0 Å². The number of halogens is 1. The summed E-state index contributed by atoms with van der Waals surface area (Å²) in [7, 11) is 0. The number of aryl methyl sites for hydroxylation is 1. The fraction of sp³-hybridized carbons (Fsp3) is 0.167. The van der Waals surface area contributed by atoms with Crippen molar-refractivity contribution in [3.8, 4) is 11.3 Å². The Kier molecular flexibility index (Phi) is 4.75. The molecular weight excluding hydrogens is 266 g/mol. The Morgan fingerprint density at radius 2 is 1.90 bits per heavy atom. The van der Waals surface area contributed by atoms with Gasteiger partial charge in [-0.3, -0.25) is 4.98 Å². The second-order valence-electron chi connectivity index (χ2n) is 4.77. The topological polar surface area (TPSA) is 12.9 Å². The molecule has 0 radical (unpaired) electrons. The summed E-state index contributed by atoms with van der Waals surface area (Å²) >= 11 is 5.91. The zero-order valence-electron chi connectivity index (χ0n) is 12.0. The van der Waals surface area contributed by atoms with E-state index in [1.165, 1.54) is 16.7 Å². The molecule has 20 heavy (non-hydrogen) atoms. The summed E-state index contributed by atoms with van der Waals surface area (Å²) in [6.45, 7) is 6.23. The van der Waals surface area contributed by atoms with Crippen molar-refractivity contribution in [2.75, 3.05) is 0 Å². The summed E-state index contributed by atoms with van der Waals surface area (Å²) < 4.78 is 0. The zero-order valence-corrected chi connectivity index (χ0v) is 12.8. The molecule has 0 aliphatic carbocycles. The van der Waals surface area contributed by atoms with Crippen LogP contribution in [0.4, 0.5) is 0 Å². The van der Waals surface area contributed by atoms with E-state index in [2.05, 4.69) is 31.0 Å². The second-order valence-corrected chi connectivity index (χ2v) is 5.20. The first-order valence-electron chi connectivity index (χ1n) is 6.64. The number of pyridine rings is 1. The Balaban J connectivity index is 2.37. The molecular formula is C18H18ClN. The minimum Gasteiger partial charge on any atom is -0.256 e. The second kappa shape index (κ2) is 6.53. The Hall–Kier alpha value is -1.86. The van der Waals surface area contributed by atoms with E-state index in [0.29, 0.717) is 0 Å². The van der Waals surface area contributed by atoms with Crippen LogP contribution in [0.5, 0.6) is 0 Å². The Labute approximate surface area is 125 Å². The maximum absolute atomic E-state index is 5.91. The van der Waals surface area contributed by atoms with Crippen molar-refractivity contribution in [1.29, 1.82) is 0 Å². The first kappa shape index (κ1) is 14.5.